The fourth-order valence-electron chi connectivity index (χ4n) is 1.34. The zero-order valence-corrected chi connectivity index (χ0v) is 10.5. The van der Waals surface area contributed by atoms with Crippen LogP contribution in [-0.2, 0) is 9.53 Å². The molecule has 0 bridgehead atoms. The van der Waals surface area contributed by atoms with Crippen LogP contribution in [0.4, 0.5) is 5.82 Å². The van der Waals surface area contributed by atoms with Crippen molar-refractivity contribution in [2.75, 3.05) is 11.9 Å². The van der Waals surface area contributed by atoms with Gasteiger partial charge in [0.2, 0.25) is 5.91 Å². The Hall–Kier alpha value is -1.69. The molecular weight excluding hydrogens is 258 g/mol. The van der Waals surface area contributed by atoms with Crippen molar-refractivity contribution in [2.24, 2.45) is 5.92 Å². The molecule has 7 heteroatoms. The van der Waals surface area contributed by atoms with Crippen LogP contribution in [0.5, 0.6) is 0 Å². The molecule has 1 aliphatic carbocycles. The maximum atomic E-state index is 11.5. The monoisotopic (exact) mass is 269 g/mol. The van der Waals surface area contributed by atoms with Gasteiger partial charge in [-0.15, -0.1) is 10.2 Å². The van der Waals surface area contributed by atoms with Crippen LogP contribution in [-0.4, -0.2) is 28.7 Å². The molecule has 0 spiro atoms. The summed E-state index contributed by atoms with van der Waals surface area (Å²) in [6.07, 6.45) is 1.79. The lowest BCUT2D eigenvalue weighted by Gasteiger charge is -2.05. The molecule has 0 unspecified atom stereocenters. The highest BCUT2D eigenvalue weighted by Gasteiger charge is 2.30. The minimum Gasteiger partial charge on any atom is -0.461 e. The first kappa shape index (κ1) is 12.8. The fourth-order valence-corrected chi connectivity index (χ4v) is 1.56. The van der Waals surface area contributed by atoms with Crippen molar-refractivity contribution in [1.82, 2.24) is 10.2 Å². The number of aromatic nitrogens is 2. The van der Waals surface area contributed by atoms with Crippen molar-refractivity contribution in [3.63, 3.8) is 0 Å². The summed E-state index contributed by atoms with van der Waals surface area (Å²) < 4.78 is 4.76. The molecule has 1 aromatic heterocycles. The van der Waals surface area contributed by atoms with E-state index in [-0.39, 0.29) is 35.0 Å². The number of anilines is 1. The topological polar surface area (TPSA) is 81.2 Å². The van der Waals surface area contributed by atoms with Gasteiger partial charge in [-0.3, -0.25) is 4.79 Å². The molecule has 1 saturated carbocycles. The van der Waals surface area contributed by atoms with Gasteiger partial charge >= 0.3 is 5.97 Å². The molecule has 6 nitrogen and oxygen atoms in total. The van der Waals surface area contributed by atoms with Crippen molar-refractivity contribution in [3.05, 3.63) is 16.8 Å². The summed E-state index contributed by atoms with van der Waals surface area (Å²) >= 11 is 5.88. The molecule has 1 aliphatic rings. The maximum absolute atomic E-state index is 11.5. The van der Waals surface area contributed by atoms with Gasteiger partial charge in [-0.05, 0) is 19.8 Å². The van der Waals surface area contributed by atoms with Crippen LogP contribution >= 0.6 is 11.6 Å². The lowest BCUT2D eigenvalue weighted by Crippen LogP contribution is -2.16. The lowest BCUT2D eigenvalue weighted by molar-refractivity contribution is -0.117. The number of nitrogens with one attached hydrogen (secondary N) is 1. The first-order valence-corrected chi connectivity index (χ1v) is 6.00. The Morgan fingerprint density at radius 1 is 1.50 bits per heavy atom. The Morgan fingerprint density at radius 2 is 2.22 bits per heavy atom. The second kappa shape index (κ2) is 5.30. The third kappa shape index (κ3) is 2.95. The molecule has 1 fully saturated rings. The second-order valence-electron chi connectivity index (χ2n) is 3.91. The summed E-state index contributed by atoms with van der Waals surface area (Å²) in [5, 5.41) is 10.1. The van der Waals surface area contributed by atoms with E-state index < -0.39 is 5.97 Å². The third-order valence-corrected chi connectivity index (χ3v) is 2.70. The Balaban J connectivity index is 2.08. The van der Waals surface area contributed by atoms with Crippen LogP contribution in [0.15, 0.2) is 6.07 Å². The van der Waals surface area contributed by atoms with E-state index in [2.05, 4.69) is 15.5 Å². The number of halogens is 1. The summed E-state index contributed by atoms with van der Waals surface area (Å²) in [5.41, 5.74) is -0.0528. The average Bonchev–Trinajstić information content (AvgIpc) is 3.13. The summed E-state index contributed by atoms with van der Waals surface area (Å²) in [7, 11) is 0. The summed E-state index contributed by atoms with van der Waals surface area (Å²) in [6.45, 7) is 1.92. The van der Waals surface area contributed by atoms with Gasteiger partial charge in [-0.1, -0.05) is 11.6 Å². The fraction of sp³-hybridized carbons (Fsp3) is 0.455. The predicted molar refractivity (Wildman–Crippen MR) is 64.4 cm³/mol. The van der Waals surface area contributed by atoms with E-state index in [0.29, 0.717) is 0 Å². The maximum Gasteiger partial charge on any atom is 0.360 e. The number of ether oxygens (including phenoxy) is 1. The number of rotatable bonds is 4. The van der Waals surface area contributed by atoms with Crippen LogP contribution < -0.4 is 5.32 Å². The Labute approximate surface area is 109 Å². The summed E-state index contributed by atoms with van der Waals surface area (Å²) in [4.78, 5) is 22.9. The van der Waals surface area contributed by atoms with E-state index in [1.165, 1.54) is 6.07 Å². The molecule has 1 N–H and O–H groups in total. The van der Waals surface area contributed by atoms with E-state index >= 15 is 0 Å². The number of esters is 1. The van der Waals surface area contributed by atoms with Crippen LogP contribution in [0, 0.1) is 5.92 Å². The second-order valence-corrected chi connectivity index (χ2v) is 4.32. The van der Waals surface area contributed by atoms with Crippen molar-refractivity contribution in [2.45, 2.75) is 19.8 Å². The predicted octanol–water partition coefficient (Wildman–Crippen LogP) is 1.66. The molecule has 0 saturated heterocycles. The minimum atomic E-state index is -0.630. The number of hydrogen-bond donors (Lipinski definition) is 1. The first-order valence-electron chi connectivity index (χ1n) is 5.63. The summed E-state index contributed by atoms with van der Waals surface area (Å²) in [6, 6.07) is 1.39. The molecule has 1 heterocycles. The molecule has 0 atom stereocenters. The van der Waals surface area contributed by atoms with Crippen LogP contribution in [0.1, 0.15) is 30.3 Å². The molecule has 18 heavy (non-hydrogen) atoms. The zero-order chi connectivity index (χ0) is 13.1. The van der Waals surface area contributed by atoms with Crippen molar-refractivity contribution in [3.8, 4) is 0 Å². The van der Waals surface area contributed by atoms with E-state index in [1.54, 1.807) is 6.92 Å². The number of carbonyl (C=O) groups is 2. The van der Waals surface area contributed by atoms with Crippen molar-refractivity contribution >= 4 is 29.3 Å². The van der Waals surface area contributed by atoms with Gasteiger partial charge in [0.1, 0.15) is 0 Å². The van der Waals surface area contributed by atoms with Gasteiger partial charge in [0, 0.05) is 12.0 Å². The number of amides is 1. The van der Waals surface area contributed by atoms with E-state index in [9.17, 15) is 9.59 Å². The molecule has 0 aromatic carbocycles. The average molecular weight is 270 g/mol. The highest BCUT2D eigenvalue weighted by molar-refractivity contribution is 6.33. The van der Waals surface area contributed by atoms with Gasteiger partial charge < -0.3 is 10.1 Å². The SMILES string of the molecule is CCOC(=O)c1nnc(NC(=O)C2CC2)cc1Cl. The molecule has 1 aromatic rings. The number of carbonyl (C=O) groups excluding carboxylic acids is 2. The normalized spacial score (nSPS) is 14.1. The Kier molecular flexibility index (Phi) is 3.76. The van der Waals surface area contributed by atoms with Crippen LogP contribution in [0.2, 0.25) is 5.02 Å². The van der Waals surface area contributed by atoms with E-state index in [0.717, 1.165) is 12.8 Å². The van der Waals surface area contributed by atoms with Gasteiger partial charge in [-0.2, -0.15) is 0 Å². The standard InChI is InChI=1S/C11H12ClN3O3/c1-2-18-11(17)9-7(12)5-8(14-15-9)13-10(16)6-3-4-6/h5-6H,2-4H2,1H3,(H,13,14,16). The number of hydrogen-bond acceptors (Lipinski definition) is 5. The van der Waals surface area contributed by atoms with Gasteiger partial charge in [0.25, 0.3) is 0 Å². The molecule has 0 radical (unpaired) electrons. The highest BCUT2D eigenvalue weighted by Crippen LogP contribution is 2.30. The Bertz CT molecular complexity index is 488. The van der Waals surface area contributed by atoms with E-state index in [4.69, 9.17) is 16.3 Å². The van der Waals surface area contributed by atoms with E-state index in [1.807, 2.05) is 0 Å². The quantitative estimate of drug-likeness (QED) is 0.841. The Morgan fingerprint density at radius 3 is 2.78 bits per heavy atom. The largest absolute Gasteiger partial charge is 0.461 e. The highest BCUT2D eigenvalue weighted by atomic mass is 35.5. The zero-order valence-electron chi connectivity index (χ0n) is 9.77. The molecule has 2 rings (SSSR count). The lowest BCUT2D eigenvalue weighted by atomic mass is 10.3. The van der Waals surface area contributed by atoms with Crippen molar-refractivity contribution < 1.29 is 14.3 Å². The molecule has 96 valence electrons. The van der Waals surface area contributed by atoms with Crippen molar-refractivity contribution in [1.29, 1.82) is 0 Å². The van der Waals surface area contributed by atoms with Gasteiger partial charge in [0.05, 0.1) is 11.6 Å². The third-order valence-electron chi connectivity index (χ3n) is 2.42. The smallest absolute Gasteiger partial charge is 0.360 e. The van der Waals surface area contributed by atoms with Crippen LogP contribution in [0.3, 0.4) is 0 Å². The molecular formula is C11H12ClN3O3. The first-order chi connectivity index (χ1) is 8.61. The van der Waals surface area contributed by atoms with Crippen LogP contribution in [0.25, 0.3) is 0 Å². The summed E-state index contributed by atoms with van der Waals surface area (Å²) in [5.74, 6) is -0.417. The van der Waals surface area contributed by atoms with Gasteiger partial charge in [0.15, 0.2) is 11.5 Å². The minimum absolute atomic E-state index is 0.0528. The molecule has 0 aliphatic heterocycles. The molecule has 1 amide bonds. The number of nitrogens with zero attached hydrogens (tertiary/aromatic N) is 2. The van der Waals surface area contributed by atoms with Gasteiger partial charge in [-0.25, -0.2) is 4.79 Å².